The van der Waals surface area contributed by atoms with E-state index in [1.165, 1.54) is 19.1 Å². The van der Waals surface area contributed by atoms with Crippen molar-refractivity contribution in [3.05, 3.63) is 41.5 Å². The maximum atomic E-state index is 12.9. The summed E-state index contributed by atoms with van der Waals surface area (Å²) < 4.78 is 37.7. The molecule has 0 saturated heterocycles. The van der Waals surface area contributed by atoms with Crippen LogP contribution in [0, 0.1) is 19.7 Å². The molecule has 0 aliphatic heterocycles. The van der Waals surface area contributed by atoms with E-state index in [1.807, 2.05) is 0 Å². The van der Waals surface area contributed by atoms with Gasteiger partial charge in [0, 0.05) is 6.42 Å². The number of anilines is 1. The average molecular weight is 339 g/mol. The van der Waals surface area contributed by atoms with Gasteiger partial charge >= 0.3 is 0 Å². The minimum Gasteiger partial charge on any atom is -0.323 e. The Morgan fingerprint density at radius 2 is 1.91 bits per heavy atom. The van der Waals surface area contributed by atoms with Crippen LogP contribution < -0.4 is 5.32 Å². The molecule has 1 atom stereocenters. The molecule has 1 aromatic heterocycles. The van der Waals surface area contributed by atoms with E-state index in [-0.39, 0.29) is 11.3 Å². The van der Waals surface area contributed by atoms with Gasteiger partial charge < -0.3 is 5.32 Å². The number of H-pyrrole nitrogens is 1. The maximum absolute atomic E-state index is 12.9. The molecule has 124 valence electrons. The SMILES string of the molecule is Cc1n[nH]c(C)c1NC(=O)CC(C)S(=O)(=O)c1ccc(F)cc1. The lowest BCUT2D eigenvalue weighted by atomic mass is 10.2. The summed E-state index contributed by atoms with van der Waals surface area (Å²) in [6, 6.07) is 4.56. The summed E-state index contributed by atoms with van der Waals surface area (Å²) in [5.74, 6) is -0.934. The first-order valence-corrected chi connectivity index (χ1v) is 8.57. The summed E-state index contributed by atoms with van der Waals surface area (Å²) in [7, 11) is -3.70. The van der Waals surface area contributed by atoms with Crippen molar-refractivity contribution >= 4 is 21.4 Å². The van der Waals surface area contributed by atoms with E-state index in [0.717, 1.165) is 12.1 Å². The van der Waals surface area contributed by atoms with E-state index in [0.29, 0.717) is 17.1 Å². The molecular weight excluding hydrogens is 321 g/mol. The minimum absolute atomic E-state index is 0.00475. The van der Waals surface area contributed by atoms with Crippen LogP contribution in [0.3, 0.4) is 0 Å². The number of benzene rings is 1. The van der Waals surface area contributed by atoms with Crippen LogP contribution in [0.4, 0.5) is 10.1 Å². The van der Waals surface area contributed by atoms with Crippen molar-refractivity contribution < 1.29 is 17.6 Å². The Balaban J connectivity index is 2.10. The lowest BCUT2D eigenvalue weighted by Crippen LogP contribution is -2.25. The molecule has 2 N–H and O–H groups in total. The predicted molar refractivity (Wildman–Crippen MR) is 84.4 cm³/mol. The van der Waals surface area contributed by atoms with Gasteiger partial charge in [0.25, 0.3) is 0 Å². The Labute approximate surface area is 134 Å². The number of rotatable bonds is 5. The van der Waals surface area contributed by atoms with E-state index in [9.17, 15) is 17.6 Å². The Kier molecular flexibility index (Phi) is 4.84. The Bertz CT molecular complexity index is 793. The number of hydrogen-bond acceptors (Lipinski definition) is 4. The zero-order chi connectivity index (χ0) is 17.2. The standard InChI is InChI=1S/C15H18FN3O3S/c1-9(23(21,22)13-6-4-12(16)5-7-13)8-14(20)17-15-10(2)18-19-11(15)3/h4-7,9H,8H2,1-3H3,(H,17,20)(H,18,19). The van der Waals surface area contributed by atoms with E-state index < -0.39 is 26.8 Å². The van der Waals surface area contributed by atoms with Crippen LogP contribution >= 0.6 is 0 Å². The molecule has 0 bridgehead atoms. The molecule has 1 aromatic carbocycles. The predicted octanol–water partition coefficient (Wildman–Crippen LogP) is 2.36. The van der Waals surface area contributed by atoms with Gasteiger partial charge in [-0.15, -0.1) is 0 Å². The van der Waals surface area contributed by atoms with Gasteiger partial charge in [-0.1, -0.05) is 0 Å². The molecule has 8 heteroatoms. The highest BCUT2D eigenvalue weighted by Crippen LogP contribution is 2.21. The quantitative estimate of drug-likeness (QED) is 0.818. The summed E-state index contributed by atoms with van der Waals surface area (Å²) in [4.78, 5) is 12.1. The molecule has 0 fully saturated rings. The molecule has 0 spiro atoms. The fourth-order valence-corrected chi connectivity index (χ4v) is 3.50. The van der Waals surface area contributed by atoms with Gasteiger partial charge in [-0.3, -0.25) is 9.89 Å². The molecule has 1 amide bonds. The number of halogens is 1. The maximum Gasteiger partial charge on any atom is 0.225 e. The second kappa shape index (κ2) is 6.49. The average Bonchev–Trinajstić information content (AvgIpc) is 2.79. The van der Waals surface area contributed by atoms with Crippen molar-refractivity contribution in [3.8, 4) is 0 Å². The van der Waals surface area contributed by atoms with Crippen molar-refractivity contribution in [3.63, 3.8) is 0 Å². The van der Waals surface area contributed by atoms with E-state index in [1.54, 1.807) is 13.8 Å². The second-order valence-electron chi connectivity index (χ2n) is 5.37. The topological polar surface area (TPSA) is 91.9 Å². The Morgan fingerprint density at radius 1 is 1.30 bits per heavy atom. The molecular formula is C15H18FN3O3S. The van der Waals surface area contributed by atoms with E-state index in [2.05, 4.69) is 15.5 Å². The lowest BCUT2D eigenvalue weighted by molar-refractivity contribution is -0.116. The number of hydrogen-bond donors (Lipinski definition) is 2. The summed E-state index contributed by atoms with van der Waals surface area (Å²) in [6.45, 7) is 4.94. The molecule has 2 aromatic rings. The smallest absolute Gasteiger partial charge is 0.225 e. The molecule has 6 nitrogen and oxygen atoms in total. The highest BCUT2D eigenvalue weighted by atomic mass is 32.2. The first-order chi connectivity index (χ1) is 10.7. The van der Waals surface area contributed by atoms with E-state index in [4.69, 9.17) is 0 Å². The van der Waals surface area contributed by atoms with Gasteiger partial charge in [0.1, 0.15) is 5.82 Å². The van der Waals surface area contributed by atoms with E-state index >= 15 is 0 Å². The van der Waals surface area contributed by atoms with Crippen LogP contribution in [0.15, 0.2) is 29.2 Å². The number of nitrogens with zero attached hydrogens (tertiary/aromatic N) is 1. The number of carbonyl (C=O) groups excluding carboxylic acids is 1. The Morgan fingerprint density at radius 3 is 2.43 bits per heavy atom. The minimum atomic E-state index is -3.70. The number of amides is 1. The zero-order valence-electron chi connectivity index (χ0n) is 13.1. The summed E-state index contributed by atoms with van der Waals surface area (Å²) in [5.41, 5.74) is 1.89. The first kappa shape index (κ1) is 17.1. The van der Waals surface area contributed by atoms with Gasteiger partial charge in [0.15, 0.2) is 9.84 Å². The number of sulfone groups is 1. The fourth-order valence-electron chi connectivity index (χ4n) is 2.15. The highest BCUT2D eigenvalue weighted by molar-refractivity contribution is 7.92. The van der Waals surface area contributed by atoms with Gasteiger partial charge in [0.05, 0.1) is 27.2 Å². The van der Waals surface area contributed by atoms with Gasteiger partial charge in [-0.25, -0.2) is 12.8 Å². The highest BCUT2D eigenvalue weighted by Gasteiger charge is 2.26. The second-order valence-corrected chi connectivity index (χ2v) is 7.74. The van der Waals surface area contributed by atoms with Crippen molar-refractivity contribution in [2.75, 3.05) is 5.32 Å². The van der Waals surface area contributed by atoms with Crippen molar-refractivity contribution in [1.29, 1.82) is 0 Å². The molecule has 0 radical (unpaired) electrons. The molecule has 1 heterocycles. The van der Waals surface area contributed by atoms with Crippen molar-refractivity contribution in [2.24, 2.45) is 0 Å². The molecule has 1 unspecified atom stereocenters. The number of aryl methyl sites for hydroxylation is 2. The fraction of sp³-hybridized carbons (Fsp3) is 0.333. The summed E-state index contributed by atoms with van der Waals surface area (Å²) in [5, 5.41) is 8.43. The molecule has 0 aliphatic rings. The normalized spacial score (nSPS) is 12.9. The number of aromatic nitrogens is 2. The van der Waals surface area contributed by atoms with Crippen LogP contribution in [-0.2, 0) is 14.6 Å². The van der Waals surface area contributed by atoms with Crippen molar-refractivity contribution in [1.82, 2.24) is 10.2 Å². The Hall–Kier alpha value is -2.22. The van der Waals surface area contributed by atoms with Crippen LogP contribution in [0.25, 0.3) is 0 Å². The van der Waals surface area contributed by atoms with Crippen molar-refractivity contribution in [2.45, 2.75) is 37.3 Å². The summed E-state index contributed by atoms with van der Waals surface area (Å²) >= 11 is 0. The third-order valence-corrected chi connectivity index (χ3v) is 5.69. The van der Waals surface area contributed by atoms with Gasteiger partial charge in [0.2, 0.25) is 5.91 Å². The largest absolute Gasteiger partial charge is 0.323 e. The lowest BCUT2D eigenvalue weighted by Gasteiger charge is -2.13. The number of aromatic amines is 1. The molecule has 23 heavy (non-hydrogen) atoms. The third kappa shape index (κ3) is 3.76. The van der Waals surface area contributed by atoms with Crippen LogP contribution in [0.1, 0.15) is 24.7 Å². The van der Waals surface area contributed by atoms with Crippen LogP contribution in [0.5, 0.6) is 0 Å². The van der Waals surface area contributed by atoms with Crippen LogP contribution in [-0.4, -0.2) is 29.8 Å². The molecule has 0 saturated carbocycles. The zero-order valence-corrected chi connectivity index (χ0v) is 13.9. The first-order valence-electron chi connectivity index (χ1n) is 7.02. The summed E-state index contributed by atoms with van der Waals surface area (Å²) in [6.07, 6.45) is -0.205. The third-order valence-electron chi connectivity index (χ3n) is 3.54. The number of carbonyl (C=O) groups is 1. The van der Waals surface area contributed by atoms with Gasteiger partial charge in [-0.05, 0) is 45.0 Å². The molecule has 0 aliphatic carbocycles. The monoisotopic (exact) mass is 339 g/mol. The molecule has 2 rings (SSSR count). The van der Waals surface area contributed by atoms with Crippen LogP contribution in [0.2, 0.25) is 0 Å². The van der Waals surface area contributed by atoms with Gasteiger partial charge in [-0.2, -0.15) is 5.10 Å². The number of nitrogens with one attached hydrogen (secondary N) is 2.